The molecule has 2 nitrogen and oxygen atoms in total. The van der Waals surface area contributed by atoms with E-state index in [0.29, 0.717) is 12.5 Å². The van der Waals surface area contributed by atoms with Gasteiger partial charge in [0, 0.05) is 12.5 Å². The van der Waals surface area contributed by atoms with Crippen LogP contribution in [0.15, 0.2) is 59.5 Å². The van der Waals surface area contributed by atoms with Crippen molar-refractivity contribution in [3.63, 3.8) is 0 Å². The van der Waals surface area contributed by atoms with Crippen molar-refractivity contribution in [2.75, 3.05) is 0 Å². The molecule has 1 unspecified atom stereocenters. The summed E-state index contributed by atoms with van der Waals surface area (Å²) in [5.74, 6) is -3.21. The van der Waals surface area contributed by atoms with Gasteiger partial charge in [-0.15, -0.1) is 0 Å². The van der Waals surface area contributed by atoms with Crippen LogP contribution in [-0.2, 0) is 15.8 Å². The molecule has 2 aromatic rings. The summed E-state index contributed by atoms with van der Waals surface area (Å²) in [6.07, 6.45) is 0. The molecule has 2 rings (SSSR count). The second-order valence-corrected chi connectivity index (χ2v) is 7.22. The molecule has 0 aliphatic heterocycles. The molecule has 0 saturated carbocycles. The van der Waals surface area contributed by atoms with Gasteiger partial charge < -0.3 is 0 Å². The molecule has 1 atom stereocenters. The van der Waals surface area contributed by atoms with Crippen molar-refractivity contribution >= 4 is 9.84 Å². The number of sulfone groups is 1. The van der Waals surface area contributed by atoms with Gasteiger partial charge in [-0.3, -0.25) is 0 Å². The quantitative estimate of drug-likeness (QED) is 0.842. The first kappa shape index (κ1) is 15.6. The minimum absolute atomic E-state index is 0.311. The third-order valence-electron chi connectivity index (χ3n) is 3.40. The topological polar surface area (TPSA) is 34.1 Å². The van der Waals surface area contributed by atoms with Crippen LogP contribution in [-0.4, -0.2) is 8.42 Å². The molecular formula is C16H16F2O2S. The SMILES string of the molecule is CC(c1ccccc1)S(=O)(=O)c1ccccc1C(C)(F)F. The lowest BCUT2D eigenvalue weighted by Crippen LogP contribution is -2.17. The number of hydrogen-bond donors (Lipinski definition) is 0. The van der Waals surface area contributed by atoms with Gasteiger partial charge in [0.1, 0.15) is 0 Å². The Balaban J connectivity index is 2.56. The summed E-state index contributed by atoms with van der Waals surface area (Å²) >= 11 is 0. The molecule has 0 aliphatic carbocycles. The number of rotatable bonds is 4. The van der Waals surface area contributed by atoms with Gasteiger partial charge in [0.15, 0.2) is 9.84 Å². The Labute approximate surface area is 123 Å². The lowest BCUT2D eigenvalue weighted by molar-refractivity contribution is 0.0144. The van der Waals surface area contributed by atoms with Crippen LogP contribution in [0.2, 0.25) is 0 Å². The van der Waals surface area contributed by atoms with E-state index in [-0.39, 0.29) is 4.90 Å². The van der Waals surface area contributed by atoms with Crippen LogP contribution in [0.1, 0.15) is 30.2 Å². The van der Waals surface area contributed by atoms with Crippen LogP contribution in [0.25, 0.3) is 0 Å². The van der Waals surface area contributed by atoms with Crippen molar-refractivity contribution < 1.29 is 17.2 Å². The van der Waals surface area contributed by atoms with E-state index >= 15 is 0 Å². The van der Waals surface area contributed by atoms with Gasteiger partial charge in [0.2, 0.25) is 0 Å². The normalized spacial score (nSPS) is 13.9. The van der Waals surface area contributed by atoms with E-state index in [1.807, 2.05) is 0 Å². The first-order valence-electron chi connectivity index (χ1n) is 6.51. The van der Waals surface area contributed by atoms with E-state index in [2.05, 4.69) is 0 Å². The Kier molecular flexibility index (Phi) is 4.14. The van der Waals surface area contributed by atoms with Gasteiger partial charge in [0.05, 0.1) is 10.1 Å². The maximum atomic E-state index is 13.6. The molecule has 0 amide bonds. The molecule has 0 bridgehead atoms. The Morgan fingerprint density at radius 1 is 0.952 bits per heavy atom. The highest BCUT2D eigenvalue weighted by Crippen LogP contribution is 2.37. The summed E-state index contributed by atoms with van der Waals surface area (Å²) in [6, 6.07) is 13.8. The van der Waals surface area contributed by atoms with Crippen LogP contribution in [0.3, 0.4) is 0 Å². The molecule has 21 heavy (non-hydrogen) atoms. The highest BCUT2D eigenvalue weighted by molar-refractivity contribution is 7.91. The molecule has 0 spiro atoms. The molecule has 112 valence electrons. The molecule has 0 aliphatic rings. The number of hydrogen-bond acceptors (Lipinski definition) is 2. The molecule has 0 aromatic heterocycles. The van der Waals surface area contributed by atoms with Crippen molar-refractivity contribution in [3.8, 4) is 0 Å². The molecule has 5 heteroatoms. The van der Waals surface area contributed by atoms with Crippen molar-refractivity contribution in [2.45, 2.75) is 29.9 Å². The second kappa shape index (κ2) is 5.56. The fraction of sp³-hybridized carbons (Fsp3) is 0.250. The fourth-order valence-corrected chi connectivity index (χ4v) is 3.89. The Morgan fingerprint density at radius 3 is 2.05 bits per heavy atom. The highest BCUT2D eigenvalue weighted by Gasteiger charge is 2.34. The third kappa shape index (κ3) is 3.13. The highest BCUT2D eigenvalue weighted by atomic mass is 32.2. The smallest absolute Gasteiger partial charge is 0.223 e. The predicted molar refractivity (Wildman–Crippen MR) is 78.1 cm³/mol. The van der Waals surface area contributed by atoms with E-state index < -0.39 is 26.6 Å². The maximum Gasteiger partial charge on any atom is 0.271 e. The number of benzene rings is 2. The van der Waals surface area contributed by atoms with Crippen LogP contribution >= 0.6 is 0 Å². The van der Waals surface area contributed by atoms with Gasteiger partial charge in [0.25, 0.3) is 5.92 Å². The van der Waals surface area contributed by atoms with Crippen molar-refractivity contribution in [3.05, 3.63) is 65.7 Å². The van der Waals surface area contributed by atoms with Crippen LogP contribution in [0.5, 0.6) is 0 Å². The van der Waals surface area contributed by atoms with Gasteiger partial charge in [-0.25, -0.2) is 17.2 Å². The molecule has 0 heterocycles. The zero-order valence-electron chi connectivity index (χ0n) is 11.8. The Hall–Kier alpha value is -1.75. The summed E-state index contributed by atoms with van der Waals surface area (Å²) in [5.41, 5.74) is 0.111. The fourth-order valence-electron chi connectivity index (χ4n) is 2.17. The van der Waals surface area contributed by atoms with Crippen molar-refractivity contribution in [2.24, 2.45) is 0 Å². The van der Waals surface area contributed by atoms with E-state index in [0.717, 1.165) is 6.07 Å². The summed E-state index contributed by atoms with van der Waals surface area (Å²) in [4.78, 5) is -0.311. The molecule has 2 aromatic carbocycles. The zero-order chi connectivity index (χ0) is 15.7. The van der Waals surface area contributed by atoms with E-state index in [4.69, 9.17) is 0 Å². The first-order chi connectivity index (χ1) is 9.74. The largest absolute Gasteiger partial charge is 0.271 e. The van der Waals surface area contributed by atoms with Crippen LogP contribution < -0.4 is 0 Å². The minimum atomic E-state index is -3.89. The van der Waals surface area contributed by atoms with Crippen LogP contribution in [0, 0.1) is 0 Å². The summed E-state index contributed by atoms with van der Waals surface area (Å²) < 4.78 is 52.6. The van der Waals surface area contributed by atoms with Gasteiger partial charge >= 0.3 is 0 Å². The monoisotopic (exact) mass is 310 g/mol. The standard InChI is InChI=1S/C16H16F2O2S/c1-12(13-8-4-3-5-9-13)21(19,20)15-11-7-6-10-14(15)16(2,17)18/h3-12H,1-2H3. The molecule has 0 saturated heterocycles. The average molecular weight is 310 g/mol. The number of halogens is 2. The summed E-state index contributed by atoms with van der Waals surface area (Å²) in [7, 11) is -3.89. The summed E-state index contributed by atoms with van der Waals surface area (Å²) in [5, 5.41) is -0.887. The average Bonchev–Trinajstić information content (AvgIpc) is 2.46. The number of alkyl halides is 2. The Bertz CT molecular complexity index is 719. The maximum absolute atomic E-state index is 13.6. The lowest BCUT2D eigenvalue weighted by atomic mass is 10.1. The summed E-state index contributed by atoms with van der Waals surface area (Å²) in [6.45, 7) is 2.21. The third-order valence-corrected chi connectivity index (χ3v) is 5.57. The van der Waals surface area contributed by atoms with Gasteiger partial charge in [-0.05, 0) is 18.6 Å². The molecule has 0 N–H and O–H groups in total. The first-order valence-corrected chi connectivity index (χ1v) is 8.05. The molecule has 0 radical (unpaired) electrons. The van der Waals surface area contributed by atoms with Gasteiger partial charge in [-0.1, -0.05) is 48.5 Å². The Morgan fingerprint density at radius 2 is 1.48 bits per heavy atom. The van der Waals surface area contributed by atoms with E-state index in [1.54, 1.807) is 30.3 Å². The van der Waals surface area contributed by atoms with Crippen LogP contribution in [0.4, 0.5) is 8.78 Å². The van der Waals surface area contributed by atoms with Crippen molar-refractivity contribution in [1.82, 2.24) is 0 Å². The lowest BCUT2D eigenvalue weighted by Gasteiger charge is -2.19. The van der Waals surface area contributed by atoms with Gasteiger partial charge in [-0.2, -0.15) is 0 Å². The van der Waals surface area contributed by atoms with Crippen molar-refractivity contribution in [1.29, 1.82) is 0 Å². The van der Waals surface area contributed by atoms with E-state index in [9.17, 15) is 17.2 Å². The van der Waals surface area contributed by atoms with E-state index in [1.165, 1.54) is 25.1 Å². The predicted octanol–water partition coefficient (Wildman–Crippen LogP) is 4.33. The zero-order valence-corrected chi connectivity index (χ0v) is 12.6. The second-order valence-electron chi connectivity index (χ2n) is 4.98. The molecule has 0 fully saturated rings. The molecular weight excluding hydrogens is 294 g/mol. The minimum Gasteiger partial charge on any atom is -0.223 e.